The minimum Gasteiger partial charge on any atom is -0.383 e. The number of nitrogens with two attached hydrogens (primary N) is 1. The van der Waals surface area contributed by atoms with Gasteiger partial charge < -0.3 is 19.9 Å². The minimum absolute atomic E-state index is 0.240. The summed E-state index contributed by atoms with van der Waals surface area (Å²) < 4.78 is 10.8. The Balaban J connectivity index is 1.36. The standard InChI is InChI=1S/C24H26N8O2/c1-32(10-11-33-2)20-7-4-16(12-27-20)21-30-22(31-34-21)24(8-3-9-24)18-5-6-19(26-15-18)17-13-28-23(25)29-14-17/h4-7,12-15H,3,8-11H2,1-2H3,(H2,25,28,29). The van der Waals surface area contributed by atoms with Crippen LogP contribution in [0.15, 0.2) is 53.6 Å². The van der Waals surface area contributed by atoms with Crippen molar-refractivity contribution in [2.75, 3.05) is 37.9 Å². The summed E-state index contributed by atoms with van der Waals surface area (Å²) in [7, 11) is 3.66. The monoisotopic (exact) mass is 458 g/mol. The first kappa shape index (κ1) is 21.9. The molecule has 5 rings (SSSR count). The summed E-state index contributed by atoms with van der Waals surface area (Å²) in [5, 5.41) is 4.35. The number of nitrogen functional groups attached to an aromatic ring is 1. The maximum atomic E-state index is 5.64. The zero-order chi connectivity index (χ0) is 23.5. The summed E-state index contributed by atoms with van der Waals surface area (Å²) in [5.74, 6) is 2.24. The Morgan fingerprint density at radius 2 is 1.79 bits per heavy atom. The molecule has 0 aliphatic heterocycles. The van der Waals surface area contributed by atoms with Gasteiger partial charge in [-0.2, -0.15) is 4.98 Å². The summed E-state index contributed by atoms with van der Waals surface area (Å²) >= 11 is 0. The lowest BCUT2D eigenvalue weighted by Crippen LogP contribution is -2.36. The zero-order valence-corrected chi connectivity index (χ0v) is 19.2. The molecule has 1 saturated carbocycles. The van der Waals surface area contributed by atoms with E-state index in [1.807, 2.05) is 36.3 Å². The second kappa shape index (κ2) is 9.14. The van der Waals surface area contributed by atoms with Gasteiger partial charge in [0.25, 0.3) is 5.89 Å². The van der Waals surface area contributed by atoms with Gasteiger partial charge in [-0.3, -0.25) is 4.98 Å². The molecule has 34 heavy (non-hydrogen) atoms. The van der Waals surface area contributed by atoms with Crippen molar-refractivity contribution in [1.29, 1.82) is 0 Å². The highest BCUT2D eigenvalue weighted by Gasteiger charge is 2.44. The second-order valence-corrected chi connectivity index (χ2v) is 8.44. The first-order chi connectivity index (χ1) is 16.6. The highest BCUT2D eigenvalue weighted by Crippen LogP contribution is 2.48. The van der Waals surface area contributed by atoms with E-state index >= 15 is 0 Å². The molecule has 1 fully saturated rings. The third-order valence-corrected chi connectivity index (χ3v) is 6.36. The number of hydrogen-bond donors (Lipinski definition) is 1. The topological polar surface area (TPSA) is 129 Å². The molecule has 0 aromatic carbocycles. The van der Waals surface area contributed by atoms with E-state index in [0.29, 0.717) is 18.3 Å². The largest absolute Gasteiger partial charge is 0.383 e. The molecule has 1 aliphatic carbocycles. The Labute approximate surface area is 197 Å². The molecule has 10 heteroatoms. The van der Waals surface area contributed by atoms with Gasteiger partial charge in [0.05, 0.1) is 23.3 Å². The average molecular weight is 459 g/mol. The van der Waals surface area contributed by atoms with Crippen molar-refractivity contribution in [2.24, 2.45) is 0 Å². The number of nitrogens with zero attached hydrogens (tertiary/aromatic N) is 7. The number of likely N-dealkylation sites (N-methyl/N-ethyl adjacent to an activating group) is 1. The normalized spacial score (nSPS) is 14.5. The summed E-state index contributed by atoms with van der Waals surface area (Å²) in [6.07, 6.45) is 9.97. The highest BCUT2D eigenvalue weighted by molar-refractivity contribution is 5.58. The van der Waals surface area contributed by atoms with Crippen molar-refractivity contribution >= 4 is 11.8 Å². The Hall–Kier alpha value is -3.92. The third-order valence-electron chi connectivity index (χ3n) is 6.36. The van der Waals surface area contributed by atoms with E-state index in [2.05, 4.69) is 31.2 Å². The molecule has 174 valence electrons. The van der Waals surface area contributed by atoms with Crippen LogP contribution in [-0.4, -0.2) is 57.4 Å². The summed E-state index contributed by atoms with van der Waals surface area (Å²) in [4.78, 5) is 24.0. The Bertz CT molecular complexity index is 1240. The second-order valence-electron chi connectivity index (χ2n) is 8.44. The first-order valence-electron chi connectivity index (χ1n) is 11.1. The van der Waals surface area contributed by atoms with E-state index in [1.54, 1.807) is 25.7 Å². The number of ether oxygens (including phenoxy) is 1. The van der Waals surface area contributed by atoms with Crippen LogP contribution in [0.25, 0.3) is 22.7 Å². The molecule has 4 aromatic heterocycles. The first-order valence-corrected chi connectivity index (χ1v) is 11.1. The van der Waals surface area contributed by atoms with Crippen molar-refractivity contribution < 1.29 is 9.26 Å². The molecule has 2 N–H and O–H groups in total. The number of anilines is 2. The van der Waals surface area contributed by atoms with E-state index in [-0.39, 0.29) is 11.4 Å². The number of rotatable bonds is 8. The number of pyridine rings is 2. The van der Waals surface area contributed by atoms with Gasteiger partial charge in [-0.15, -0.1) is 0 Å². The van der Waals surface area contributed by atoms with Gasteiger partial charge in [0.2, 0.25) is 5.95 Å². The predicted octanol–water partition coefficient (Wildman–Crippen LogP) is 3.12. The molecule has 0 radical (unpaired) electrons. The van der Waals surface area contributed by atoms with E-state index in [0.717, 1.165) is 54.0 Å². The number of aromatic nitrogens is 6. The maximum Gasteiger partial charge on any atom is 0.259 e. The van der Waals surface area contributed by atoms with Gasteiger partial charge in [0.1, 0.15) is 5.82 Å². The van der Waals surface area contributed by atoms with E-state index in [1.165, 1.54) is 0 Å². The quantitative estimate of drug-likeness (QED) is 0.420. The fourth-order valence-electron chi connectivity index (χ4n) is 4.11. The van der Waals surface area contributed by atoms with Crippen LogP contribution in [0, 0.1) is 0 Å². The van der Waals surface area contributed by atoms with Gasteiger partial charge in [-0.25, -0.2) is 15.0 Å². The molecule has 4 heterocycles. The van der Waals surface area contributed by atoms with E-state index in [9.17, 15) is 0 Å². The van der Waals surface area contributed by atoms with Gasteiger partial charge in [0, 0.05) is 51.1 Å². The van der Waals surface area contributed by atoms with Gasteiger partial charge in [-0.1, -0.05) is 17.6 Å². The van der Waals surface area contributed by atoms with Gasteiger partial charge >= 0.3 is 0 Å². The van der Waals surface area contributed by atoms with Crippen molar-refractivity contribution in [1.82, 2.24) is 30.1 Å². The zero-order valence-electron chi connectivity index (χ0n) is 19.2. The molecule has 10 nitrogen and oxygen atoms in total. The van der Waals surface area contributed by atoms with Gasteiger partial charge in [0.15, 0.2) is 5.82 Å². The molecule has 0 atom stereocenters. The minimum atomic E-state index is -0.293. The van der Waals surface area contributed by atoms with Crippen LogP contribution >= 0.6 is 0 Å². The third kappa shape index (κ3) is 4.08. The summed E-state index contributed by atoms with van der Waals surface area (Å²) in [6, 6.07) is 7.92. The molecule has 0 spiro atoms. The molecule has 1 aliphatic rings. The fraction of sp³-hybridized carbons (Fsp3) is 0.333. The van der Waals surface area contributed by atoms with Crippen LogP contribution in [0.4, 0.5) is 11.8 Å². The summed E-state index contributed by atoms with van der Waals surface area (Å²) in [5.41, 5.74) is 8.74. The highest BCUT2D eigenvalue weighted by atomic mass is 16.5. The smallest absolute Gasteiger partial charge is 0.259 e. The molecular weight excluding hydrogens is 432 g/mol. The lowest BCUT2D eigenvalue weighted by Gasteiger charge is -2.39. The van der Waals surface area contributed by atoms with Crippen LogP contribution in [0.2, 0.25) is 0 Å². The molecule has 0 bridgehead atoms. The van der Waals surface area contributed by atoms with Crippen LogP contribution in [0.5, 0.6) is 0 Å². The van der Waals surface area contributed by atoms with Crippen LogP contribution in [-0.2, 0) is 10.2 Å². The van der Waals surface area contributed by atoms with Crippen molar-refractivity contribution in [2.45, 2.75) is 24.7 Å². The Morgan fingerprint density at radius 1 is 1.00 bits per heavy atom. The van der Waals surface area contributed by atoms with Crippen molar-refractivity contribution in [3.63, 3.8) is 0 Å². The molecule has 0 unspecified atom stereocenters. The molecular formula is C24H26N8O2. The SMILES string of the molecule is COCCN(C)c1ccc(-c2nc(C3(c4ccc(-c5cnc(N)nc5)nc4)CCC3)no2)cn1. The lowest BCUT2D eigenvalue weighted by atomic mass is 9.64. The summed E-state index contributed by atoms with van der Waals surface area (Å²) in [6.45, 7) is 1.40. The van der Waals surface area contributed by atoms with Crippen LogP contribution in [0.1, 0.15) is 30.7 Å². The van der Waals surface area contributed by atoms with Gasteiger partial charge in [-0.05, 0) is 36.6 Å². The lowest BCUT2D eigenvalue weighted by molar-refractivity contribution is 0.206. The molecule has 0 amide bonds. The van der Waals surface area contributed by atoms with E-state index in [4.69, 9.17) is 20.0 Å². The fourth-order valence-corrected chi connectivity index (χ4v) is 4.11. The molecule has 4 aromatic rings. The van der Waals surface area contributed by atoms with Crippen LogP contribution < -0.4 is 10.6 Å². The predicted molar refractivity (Wildman–Crippen MR) is 127 cm³/mol. The number of hydrogen-bond acceptors (Lipinski definition) is 10. The van der Waals surface area contributed by atoms with Crippen molar-refractivity contribution in [3.8, 4) is 22.7 Å². The Kier molecular flexibility index (Phi) is 5.89. The van der Waals surface area contributed by atoms with Crippen LogP contribution in [0.3, 0.4) is 0 Å². The number of methoxy groups -OCH3 is 1. The molecule has 0 saturated heterocycles. The van der Waals surface area contributed by atoms with Crippen molar-refractivity contribution in [3.05, 3.63) is 60.4 Å². The Morgan fingerprint density at radius 3 is 2.41 bits per heavy atom. The average Bonchev–Trinajstić information content (AvgIpc) is 3.33. The maximum absolute atomic E-state index is 5.64. The van der Waals surface area contributed by atoms with E-state index < -0.39 is 0 Å².